The molecule has 1 aromatic carbocycles. The van der Waals surface area contributed by atoms with Crippen LogP contribution in [0.25, 0.3) is 0 Å². The average Bonchev–Trinajstić information content (AvgIpc) is 2.99. The third-order valence-electron chi connectivity index (χ3n) is 2.81. The van der Waals surface area contributed by atoms with Crippen LogP contribution < -0.4 is 5.32 Å². The van der Waals surface area contributed by atoms with E-state index in [4.69, 9.17) is 9.52 Å². The van der Waals surface area contributed by atoms with Crippen molar-refractivity contribution < 1.29 is 24.3 Å². The minimum Gasteiger partial charge on any atom is -0.444 e. The summed E-state index contributed by atoms with van der Waals surface area (Å²) in [5, 5.41) is 31.7. The third kappa shape index (κ3) is 5.06. The van der Waals surface area contributed by atoms with Gasteiger partial charge in [-0.3, -0.25) is 14.9 Å². The summed E-state index contributed by atoms with van der Waals surface area (Å²) in [5.41, 5.74) is 0.0251. The molecule has 8 nitrogen and oxygen atoms in total. The quantitative estimate of drug-likeness (QED) is 0.359. The average molecular weight is 417 g/mol. The molecule has 0 bridgehead atoms. The molecule has 0 saturated carbocycles. The summed E-state index contributed by atoms with van der Waals surface area (Å²) in [7, 11) is 0. The van der Waals surface area contributed by atoms with E-state index in [2.05, 4.69) is 21.2 Å². The highest BCUT2D eigenvalue weighted by atomic mass is 79.9. The molecule has 24 heavy (non-hydrogen) atoms. The van der Waals surface area contributed by atoms with Crippen LogP contribution in [-0.4, -0.2) is 39.5 Å². The Morgan fingerprint density at radius 1 is 1.42 bits per heavy atom. The van der Waals surface area contributed by atoms with Crippen LogP contribution in [0.5, 0.6) is 0 Å². The summed E-state index contributed by atoms with van der Waals surface area (Å²) in [5.74, 6) is -0.332. The van der Waals surface area contributed by atoms with Crippen molar-refractivity contribution in [2.24, 2.45) is 0 Å². The van der Waals surface area contributed by atoms with E-state index in [1.54, 1.807) is 6.07 Å². The van der Waals surface area contributed by atoms with Gasteiger partial charge in [0.25, 0.3) is 11.6 Å². The van der Waals surface area contributed by atoms with Gasteiger partial charge in [-0.1, -0.05) is 0 Å². The Hall–Kier alpha value is -1.88. The third-order valence-corrected chi connectivity index (χ3v) is 4.36. The van der Waals surface area contributed by atoms with E-state index in [0.717, 1.165) is 11.8 Å². The maximum Gasteiger partial charge on any atom is 0.291 e. The predicted molar refractivity (Wildman–Crippen MR) is 91.3 cm³/mol. The van der Waals surface area contributed by atoms with Crippen LogP contribution in [0.15, 0.2) is 44.3 Å². The fourth-order valence-electron chi connectivity index (χ4n) is 1.72. The van der Waals surface area contributed by atoms with Gasteiger partial charge in [0.2, 0.25) is 0 Å². The van der Waals surface area contributed by atoms with Crippen molar-refractivity contribution in [3.05, 3.63) is 50.9 Å². The van der Waals surface area contributed by atoms with Gasteiger partial charge in [-0.25, -0.2) is 0 Å². The summed E-state index contributed by atoms with van der Waals surface area (Å²) in [6.45, 7) is -0.404. The van der Waals surface area contributed by atoms with Gasteiger partial charge in [0, 0.05) is 28.5 Å². The van der Waals surface area contributed by atoms with Crippen molar-refractivity contribution in [1.82, 2.24) is 0 Å². The number of nitrogens with one attached hydrogen (secondary N) is 1. The van der Waals surface area contributed by atoms with Crippen molar-refractivity contribution in [2.75, 3.05) is 17.7 Å². The van der Waals surface area contributed by atoms with Crippen LogP contribution in [0.4, 0.5) is 11.4 Å². The predicted octanol–water partition coefficient (Wildman–Crippen LogP) is 2.65. The molecular weight excluding hydrogens is 404 g/mol. The minimum absolute atomic E-state index is 0.0540. The van der Waals surface area contributed by atoms with Gasteiger partial charge in [0.05, 0.1) is 17.6 Å². The van der Waals surface area contributed by atoms with Gasteiger partial charge in [0.1, 0.15) is 0 Å². The van der Waals surface area contributed by atoms with Crippen molar-refractivity contribution in [2.45, 2.75) is 11.0 Å². The first-order valence-corrected chi connectivity index (χ1v) is 8.45. The zero-order valence-corrected chi connectivity index (χ0v) is 14.5. The number of hydrogen-bond donors (Lipinski definition) is 3. The molecule has 0 aliphatic carbocycles. The van der Waals surface area contributed by atoms with E-state index in [0.29, 0.717) is 9.56 Å². The van der Waals surface area contributed by atoms with Gasteiger partial charge in [-0.15, -0.1) is 11.8 Å². The molecule has 128 valence electrons. The fourth-order valence-corrected chi connectivity index (χ4v) is 2.93. The normalized spacial score (nSPS) is 12.0. The van der Waals surface area contributed by atoms with E-state index in [-0.39, 0.29) is 22.9 Å². The number of nitrogens with zero attached hydrogens (tertiary/aromatic N) is 1. The Balaban J connectivity index is 2.19. The van der Waals surface area contributed by atoms with Gasteiger partial charge in [-0.05, 0) is 34.1 Å². The molecule has 0 fully saturated rings. The van der Waals surface area contributed by atoms with Crippen molar-refractivity contribution in [1.29, 1.82) is 0 Å². The Labute approximate surface area is 149 Å². The molecule has 0 aliphatic heterocycles. The summed E-state index contributed by atoms with van der Waals surface area (Å²) in [6.07, 6.45) is -0.937. The fraction of sp³-hybridized carbons (Fsp3) is 0.214. The number of anilines is 1. The lowest BCUT2D eigenvalue weighted by molar-refractivity contribution is -0.385. The van der Waals surface area contributed by atoms with E-state index < -0.39 is 23.5 Å². The first-order chi connectivity index (χ1) is 11.4. The van der Waals surface area contributed by atoms with Crippen LogP contribution in [0.2, 0.25) is 0 Å². The van der Waals surface area contributed by atoms with E-state index >= 15 is 0 Å². The smallest absolute Gasteiger partial charge is 0.291 e. The van der Waals surface area contributed by atoms with Crippen LogP contribution in [-0.2, 0) is 0 Å². The van der Waals surface area contributed by atoms with Crippen LogP contribution in [0.3, 0.4) is 0 Å². The zero-order valence-electron chi connectivity index (χ0n) is 12.1. The Kier molecular flexibility index (Phi) is 6.37. The molecule has 1 atom stereocenters. The number of aliphatic hydroxyl groups is 2. The van der Waals surface area contributed by atoms with Crippen molar-refractivity contribution in [3.63, 3.8) is 0 Å². The molecule has 2 aromatic rings. The van der Waals surface area contributed by atoms with E-state index in [1.807, 2.05) is 0 Å². The molecule has 0 aliphatic rings. The standard InChI is InChI=1S/C14H13BrN2O6S/c15-13-2-1-12(23-13)14(20)16-8-3-9(17(21)22)5-11(4-8)24-7-10(19)6-18/h1-5,10,18-19H,6-7H2,(H,16,20)/t10-/m0/s1. The highest BCUT2D eigenvalue weighted by Gasteiger charge is 2.15. The second-order valence-electron chi connectivity index (χ2n) is 4.68. The number of benzene rings is 1. The highest BCUT2D eigenvalue weighted by molar-refractivity contribution is 9.10. The van der Waals surface area contributed by atoms with Crippen LogP contribution in [0.1, 0.15) is 10.6 Å². The SMILES string of the molecule is O=C(Nc1cc(SC[C@@H](O)CO)cc([N+](=O)[O-])c1)c1ccc(Br)o1. The van der Waals surface area contributed by atoms with Gasteiger partial charge >= 0.3 is 0 Å². The topological polar surface area (TPSA) is 126 Å². The molecule has 0 saturated heterocycles. The number of carbonyl (C=O) groups excluding carboxylic acids is 1. The van der Waals surface area contributed by atoms with Gasteiger partial charge in [0.15, 0.2) is 10.4 Å². The number of furan rings is 1. The minimum atomic E-state index is -0.937. The number of hydrogen-bond acceptors (Lipinski definition) is 7. The molecule has 10 heteroatoms. The number of nitro groups is 1. The zero-order chi connectivity index (χ0) is 17.7. The Bertz CT molecular complexity index is 751. The maximum atomic E-state index is 12.1. The second kappa shape index (κ2) is 8.29. The lowest BCUT2D eigenvalue weighted by atomic mass is 10.2. The molecule has 0 radical (unpaired) electrons. The monoisotopic (exact) mass is 416 g/mol. The lowest BCUT2D eigenvalue weighted by Crippen LogP contribution is -2.14. The summed E-state index contributed by atoms with van der Waals surface area (Å²) in [6, 6.07) is 7.11. The molecule has 0 unspecified atom stereocenters. The van der Waals surface area contributed by atoms with E-state index in [9.17, 15) is 20.0 Å². The van der Waals surface area contributed by atoms with Crippen LogP contribution >= 0.6 is 27.7 Å². The molecule has 1 heterocycles. The molecule has 3 N–H and O–H groups in total. The molecule has 2 rings (SSSR count). The highest BCUT2D eigenvalue weighted by Crippen LogP contribution is 2.29. The van der Waals surface area contributed by atoms with Crippen molar-refractivity contribution >= 4 is 45.0 Å². The Morgan fingerprint density at radius 3 is 2.75 bits per heavy atom. The number of thioether (sulfide) groups is 1. The lowest BCUT2D eigenvalue weighted by Gasteiger charge is -2.09. The number of aliphatic hydroxyl groups excluding tert-OH is 2. The van der Waals surface area contributed by atoms with Gasteiger partial charge < -0.3 is 19.9 Å². The summed E-state index contributed by atoms with van der Waals surface area (Å²) < 4.78 is 5.51. The number of non-ortho nitro benzene ring substituents is 1. The summed E-state index contributed by atoms with van der Waals surface area (Å²) in [4.78, 5) is 23.0. The second-order valence-corrected chi connectivity index (χ2v) is 6.55. The largest absolute Gasteiger partial charge is 0.444 e. The van der Waals surface area contributed by atoms with Gasteiger partial charge in [-0.2, -0.15) is 0 Å². The number of amides is 1. The molecule has 0 spiro atoms. The van der Waals surface area contributed by atoms with Crippen LogP contribution in [0, 0.1) is 10.1 Å². The Morgan fingerprint density at radius 2 is 2.17 bits per heavy atom. The number of halogens is 1. The number of carbonyl (C=O) groups is 1. The van der Waals surface area contributed by atoms with Crippen molar-refractivity contribution in [3.8, 4) is 0 Å². The summed E-state index contributed by atoms with van der Waals surface area (Å²) >= 11 is 4.21. The number of rotatable bonds is 7. The molecular formula is C14H13BrN2O6S. The van der Waals surface area contributed by atoms with E-state index in [1.165, 1.54) is 24.3 Å². The first kappa shape index (κ1) is 18.5. The molecule has 1 aromatic heterocycles. The molecule has 1 amide bonds. The first-order valence-electron chi connectivity index (χ1n) is 6.67. The maximum absolute atomic E-state index is 12.1. The number of nitro benzene ring substituents is 1.